The van der Waals surface area contributed by atoms with E-state index in [1.54, 1.807) is 13.8 Å². The van der Waals surface area contributed by atoms with Gasteiger partial charge in [-0.15, -0.1) is 0 Å². The summed E-state index contributed by atoms with van der Waals surface area (Å²) in [6.45, 7) is 3.72. The van der Waals surface area contributed by atoms with Gasteiger partial charge >= 0.3 is 7.60 Å². The number of rotatable bonds is 3. The number of hydrogen-bond donors (Lipinski definition) is 0. The molecule has 0 radical (unpaired) electrons. The molecule has 3 rings (SSSR count). The van der Waals surface area contributed by atoms with Crippen LogP contribution >= 0.6 is 7.60 Å². The van der Waals surface area contributed by atoms with Crippen molar-refractivity contribution in [2.75, 3.05) is 6.61 Å². The lowest BCUT2D eigenvalue weighted by atomic mass is 9.96. The van der Waals surface area contributed by atoms with Gasteiger partial charge in [-0.1, -0.05) is 30.3 Å². The predicted octanol–water partition coefficient (Wildman–Crippen LogP) is 4.49. The minimum absolute atomic E-state index is 0.252. The highest BCUT2D eigenvalue weighted by atomic mass is 31.2. The number of hydrogen-bond acceptors (Lipinski definition) is 3. The van der Waals surface area contributed by atoms with Crippen LogP contribution in [0.15, 0.2) is 54.3 Å². The van der Waals surface area contributed by atoms with Crippen LogP contribution in [0.1, 0.15) is 25.0 Å². The van der Waals surface area contributed by atoms with E-state index in [2.05, 4.69) is 0 Å². The Balaban J connectivity index is 2.26. The number of benzene rings is 2. The summed E-state index contributed by atoms with van der Waals surface area (Å²) in [5.74, 6) is 0.0889. The topological polar surface area (TPSA) is 35.5 Å². The van der Waals surface area contributed by atoms with Gasteiger partial charge in [0.25, 0.3) is 0 Å². The van der Waals surface area contributed by atoms with Crippen LogP contribution in [0.25, 0.3) is 5.57 Å². The van der Waals surface area contributed by atoms with Crippen molar-refractivity contribution in [3.8, 4) is 0 Å². The van der Waals surface area contributed by atoms with Crippen molar-refractivity contribution < 1.29 is 18.0 Å². The third-order valence-electron chi connectivity index (χ3n) is 3.49. The van der Waals surface area contributed by atoms with E-state index in [1.807, 2.05) is 30.3 Å². The summed E-state index contributed by atoms with van der Waals surface area (Å²) in [7, 11) is -3.46. The van der Waals surface area contributed by atoms with Crippen LogP contribution in [0.3, 0.4) is 0 Å². The van der Waals surface area contributed by atoms with E-state index in [4.69, 9.17) is 9.05 Å². The molecule has 0 saturated heterocycles. The molecule has 3 nitrogen and oxygen atoms in total. The normalized spacial score (nSPS) is 20.5. The van der Waals surface area contributed by atoms with Gasteiger partial charge in [0.05, 0.1) is 11.9 Å². The lowest BCUT2D eigenvalue weighted by Crippen LogP contribution is -2.20. The zero-order valence-electron chi connectivity index (χ0n) is 12.4. The van der Waals surface area contributed by atoms with Crippen molar-refractivity contribution in [3.05, 3.63) is 71.2 Å². The zero-order valence-corrected chi connectivity index (χ0v) is 13.3. The Morgan fingerprint density at radius 1 is 1.18 bits per heavy atom. The van der Waals surface area contributed by atoms with Crippen molar-refractivity contribution in [1.82, 2.24) is 0 Å². The second kappa shape index (κ2) is 5.71. The van der Waals surface area contributed by atoms with Gasteiger partial charge in [-0.3, -0.25) is 4.52 Å². The van der Waals surface area contributed by atoms with Crippen molar-refractivity contribution in [2.45, 2.75) is 13.8 Å². The van der Waals surface area contributed by atoms with Crippen LogP contribution < -0.4 is 5.30 Å². The predicted molar refractivity (Wildman–Crippen MR) is 84.5 cm³/mol. The van der Waals surface area contributed by atoms with E-state index in [0.29, 0.717) is 16.6 Å². The fourth-order valence-corrected chi connectivity index (χ4v) is 4.45. The fourth-order valence-electron chi connectivity index (χ4n) is 2.64. The molecule has 1 aliphatic rings. The molecular weight excluding hydrogens is 302 g/mol. The lowest BCUT2D eigenvalue weighted by Gasteiger charge is -2.28. The van der Waals surface area contributed by atoms with Gasteiger partial charge < -0.3 is 4.52 Å². The Morgan fingerprint density at radius 2 is 1.91 bits per heavy atom. The highest BCUT2D eigenvalue weighted by Crippen LogP contribution is 2.55. The molecule has 0 aromatic heterocycles. The Labute approximate surface area is 128 Å². The second-order valence-corrected chi connectivity index (χ2v) is 6.88. The van der Waals surface area contributed by atoms with Crippen LogP contribution in [0.5, 0.6) is 0 Å². The van der Waals surface area contributed by atoms with Gasteiger partial charge in [0.1, 0.15) is 11.6 Å². The molecule has 5 heteroatoms. The van der Waals surface area contributed by atoms with E-state index in [-0.39, 0.29) is 12.4 Å². The highest BCUT2D eigenvalue weighted by Gasteiger charge is 2.38. The van der Waals surface area contributed by atoms with Crippen molar-refractivity contribution in [1.29, 1.82) is 0 Å². The maximum Gasteiger partial charge on any atom is 0.411 e. The second-order valence-electron chi connectivity index (χ2n) is 4.97. The lowest BCUT2D eigenvalue weighted by molar-refractivity contribution is 0.259. The van der Waals surface area contributed by atoms with Gasteiger partial charge in [-0.05, 0) is 37.6 Å². The van der Waals surface area contributed by atoms with Crippen LogP contribution in [0, 0.1) is 5.82 Å². The molecule has 114 valence electrons. The summed E-state index contributed by atoms with van der Waals surface area (Å²) in [4.78, 5) is 0. The average molecular weight is 318 g/mol. The van der Waals surface area contributed by atoms with E-state index in [9.17, 15) is 8.96 Å². The van der Waals surface area contributed by atoms with E-state index in [1.165, 1.54) is 18.2 Å². The van der Waals surface area contributed by atoms with E-state index < -0.39 is 7.60 Å². The highest BCUT2D eigenvalue weighted by molar-refractivity contribution is 7.62. The molecule has 0 aliphatic carbocycles. The molecule has 1 heterocycles. The largest absolute Gasteiger partial charge is 0.425 e. The Kier molecular flexibility index (Phi) is 3.90. The summed E-state index contributed by atoms with van der Waals surface area (Å²) < 4.78 is 37.7. The summed E-state index contributed by atoms with van der Waals surface area (Å²) in [5.41, 5.74) is 2.18. The third-order valence-corrected chi connectivity index (χ3v) is 5.59. The summed E-state index contributed by atoms with van der Waals surface area (Å²) in [6, 6.07) is 13.7. The molecule has 0 N–H and O–H groups in total. The molecule has 2 aromatic rings. The van der Waals surface area contributed by atoms with Gasteiger partial charge in [-0.25, -0.2) is 8.96 Å². The van der Waals surface area contributed by atoms with Crippen LogP contribution in [0.4, 0.5) is 4.39 Å². The maximum absolute atomic E-state index is 13.8. The maximum atomic E-state index is 13.8. The first kappa shape index (κ1) is 15.0. The van der Waals surface area contributed by atoms with E-state index >= 15 is 0 Å². The Morgan fingerprint density at radius 3 is 2.59 bits per heavy atom. The first-order chi connectivity index (χ1) is 10.5. The number of halogens is 1. The number of fused-ring (bicyclic) bond motifs is 1. The van der Waals surface area contributed by atoms with Crippen molar-refractivity contribution in [3.63, 3.8) is 0 Å². The summed E-state index contributed by atoms with van der Waals surface area (Å²) in [6.07, 6.45) is 0. The van der Waals surface area contributed by atoms with Gasteiger partial charge in [0.15, 0.2) is 0 Å². The Bertz CT molecular complexity index is 784. The van der Waals surface area contributed by atoms with Crippen LogP contribution in [-0.4, -0.2) is 6.61 Å². The van der Waals surface area contributed by atoms with Crippen LogP contribution in [0.2, 0.25) is 0 Å². The quantitative estimate of drug-likeness (QED) is 0.782. The molecule has 0 saturated carbocycles. The zero-order chi connectivity index (χ0) is 15.7. The summed E-state index contributed by atoms with van der Waals surface area (Å²) in [5, 5.41) is 0.403. The Hall–Kier alpha value is -1.90. The number of allylic oxidation sites excluding steroid dienone is 1. The van der Waals surface area contributed by atoms with E-state index in [0.717, 1.165) is 11.1 Å². The first-order valence-corrected chi connectivity index (χ1v) is 8.60. The standard InChI is InChI=1S/C17H16FO3P/c1-3-20-22(19)16-10-9-14(18)11-15(16)17(12(2)21-22)13-7-5-4-6-8-13/h4-11H,3H2,1-2H3. The molecule has 1 aliphatic heterocycles. The fraction of sp³-hybridized carbons (Fsp3) is 0.176. The third kappa shape index (κ3) is 2.49. The minimum atomic E-state index is -3.46. The first-order valence-electron chi connectivity index (χ1n) is 7.06. The van der Waals surface area contributed by atoms with Crippen molar-refractivity contribution in [2.24, 2.45) is 0 Å². The monoisotopic (exact) mass is 318 g/mol. The molecule has 2 aromatic carbocycles. The SMILES string of the molecule is CCOP1(=O)OC(C)=C(c2ccccc2)c2cc(F)ccc21. The molecule has 0 bridgehead atoms. The van der Waals surface area contributed by atoms with Gasteiger partial charge in [0, 0.05) is 11.1 Å². The molecule has 1 unspecified atom stereocenters. The molecule has 1 atom stereocenters. The molecule has 0 fully saturated rings. The molecule has 0 amide bonds. The van der Waals surface area contributed by atoms with Crippen molar-refractivity contribution >= 4 is 18.5 Å². The molecule has 22 heavy (non-hydrogen) atoms. The minimum Gasteiger partial charge on any atom is -0.425 e. The molecular formula is C17H16FO3P. The smallest absolute Gasteiger partial charge is 0.411 e. The van der Waals surface area contributed by atoms with Gasteiger partial charge in [-0.2, -0.15) is 0 Å². The average Bonchev–Trinajstić information content (AvgIpc) is 2.48. The summed E-state index contributed by atoms with van der Waals surface area (Å²) >= 11 is 0. The van der Waals surface area contributed by atoms with Gasteiger partial charge in [0.2, 0.25) is 0 Å². The van der Waals surface area contributed by atoms with Crippen LogP contribution in [-0.2, 0) is 13.6 Å². The molecule has 0 spiro atoms.